The minimum Gasteiger partial charge on any atom is -0.478 e. The molecule has 0 aliphatic rings. The van der Waals surface area contributed by atoms with Gasteiger partial charge in [-0.1, -0.05) is 35.8 Å². The van der Waals surface area contributed by atoms with E-state index in [2.05, 4.69) is 29.8 Å². The molecule has 17 heavy (non-hydrogen) atoms. The van der Waals surface area contributed by atoms with Gasteiger partial charge in [0.05, 0.1) is 12.2 Å². The largest absolute Gasteiger partial charge is 0.478 e. The van der Waals surface area contributed by atoms with E-state index in [1.165, 1.54) is 0 Å². The molecule has 0 unspecified atom stereocenters. The van der Waals surface area contributed by atoms with Crippen LogP contribution in [-0.4, -0.2) is 17.7 Å². The van der Waals surface area contributed by atoms with Crippen molar-refractivity contribution in [3.8, 4) is 0 Å². The summed E-state index contributed by atoms with van der Waals surface area (Å²) in [4.78, 5) is 10.7. The first-order valence-corrected chi connectivity index (χ1v) is 6.39. The minimum absolute atomic E-state index is 0.280. The molecule has 1 aromatic rings. The van der Waals surface area contributed by atoms with Crippen LogP contribution in [0.2, 0.25) is 0 Å². The van der Waals surface area contributed by atoms with E-state index in [1.807, 2.05) is 0 Å². The SMILES string of the molecule is CC(C)CCOCc1ccc(C(=O)O)cc1Br. The maximum Gasteiger partial charge on any atom is 0.335 e. The van der Waals surface area contributed by atoms with Crippen molar-refractivity contribution < 1.29 is 14.6 Å². The van der Waals surface area contributed by atoms with Gasteiger partial charge in [-0.05, 0) is 30.0 Å². The number of carbonyl (C=O) groups is 1. The first-order valence-electron chi connectivity index (χ1n) is 5.60. The summed E-state index contributed by atoms with van der Waals surface area (Å²) >= 11 is 3.35. The molecule has 3 nitrogen and oxygen atoms in total. The Kier molecular flexibility index (Phi) is 5.65. The van der Waals surface area contributed by atoms with E-state index in [9.17, 15) is 4.79 Å². The molecule has 0 amide bonds. The van der Waals surface area contributed by atoms with Crippen LogP contribution in [0.4, 0.5) is 0 Å². The molecule has 4 heteroatoms. The highest BCUT2D eigenvalue weighted by Crippen LogP contribution is 2.19. The molecule has 0 heterocycles. The molecule has 0 saturated carbocycles. The van der Waals surface area contributed by atoms with Crippen molar-refractivity contribution in [3.05, 3.63) is 33.8 Å². The first-order chi connectivity index (χ1) is 8.00. The van der Waals surface area contributed by atoms with Crippen molar-refractivity contribution in [1.29, 1.82) is 0 Å². The average Bonchev–Trinajstić information content (AvgIpc) is 2.25. The van der Waals surface area contributed by atoms with Gasteiger partial charge in [0.15, 0.2) is 0 Å². The van der Waals surface area contributed by atoms with E-state index in [-0.39, 0.29) is 5.56 Å². The van der Waals surface area contributed by atoms with Gasteiger partial charge in [0.2, 0.25) is 0 Å². The standard InChI is InChI=1S/C13H17BrO3/c1-9(2)5-6-17-8-11-4-3-10(13(15)16)7-12(11)14/h3-4,7,9H,5-6,8H2,1-2H3,(H,15,16). The fraction of sp³-hybridized carbons (Fsp3) is 0.462. The quantitative estimate of drug-likeness (QED) is 0.815. The van der Waals surface area contributed by atoms with Gasteiger partial charge in [-0.2, -0.15) is 0 Å². The Morgan fingerprint density at radius 2 is 2.18 bits per heavy atom. The third-order valence-electron chi connectivity index (χ3n) is 2.40. The van der Waals surface area contributed by atoms with E-state index in [1.54, 1.807) is 18.2 Å². The van der Waals surface area contributed by atoms with Crippen LogP contribution in [0.15, 0.2) is 22.7 Å². The van der Waals surface area contributed by atoms with Crippen molar-refractivity contribution in [2.45, 2.75) is 26.9 Å². The topological polar surface area (TPSA) is 46.5 Å². The van der Waals surface area contributed by atoms with Crippen LogP contribution < -0.4 is 0 Å². The molecule has 0 aromatic heterocycles. The van der Waals surface area contributed by atoms with E-state index in [0.29, 0.717) is 12.5 Å². The number of aromatic carboxylic acids is 1. The number of hydrogen-bond donors (Lipinski definition) is 1. The zero-order chi connectivity index (χ0) is 12.8. The third kappa shape index (κ3) is 4.88. The molecule has 0 spiro atoms. The number of hydrogen-bond acceptors (Lipinski definition) is 2. The number of carboxylic acids is 1. The normalized spacial score (nSPS) is 10.8. The predicted octanol–water partition coefficient (Wildman–Crippen LogP) is 3.71. The fourth-order valence-electron chi connectivity index (χ4n) is 1.30. The molecule has 1 aromatic carbocycles. The smallest absolute Gasteiger partial charge is 0.335 e. The Bertz CT molecular complexity index is 388. The molecule has 0 atom stereocenters. The zero-order valence-electron chi connectivity index (χ0n) is 10.1. The molecule has 0 saturated heterocycles. The molecule has 0 aliphatic carbocycles. The van der Waals surface area contributed by atoms with Crippen LogP contribution in [0.1, 0.15) is 36.2 Å². The molecule has 0 aliphatic heterocycles. The lowest BCUT2D eigenvalue weighted by atomic mass is 10.1. The summed E-state index contributed by atoms with van der Waals surface area (Å²) < 4.78 is 6.31. The molecule has 1 N–H and O–H groups in total. The Balaban J connectivity index is 2.52. The van der Waals surface area contributed by atoms with Crippen molar-refractivity contribution in [3.63, 3.8) is 0 Å². The Morgan fingerprint density at radius 3 is 2.71 bits per heavy atom. The third-order valence-corrected chi connectivity index (χ3v) is 3.14. The van der Waals surface area contributed by atoms with Crippen molar-refractivity contribution in [1.82, 2.24) is 0 Å². The molecule has 1 rings (SSSR count). The fourth-order valence-corrected chi connectivity index (χ4v) is 1.79. The second kappa shape index (κ2) is 6.77. The van der Waals surface area contributed by atoms with Crippen molar-refractivity contribution in [2.24, 2.45) is 5.92 Å². The lowest BCUT2D eigenvalue weighted by Crippen LogP contribution is -2.01. The maximum atomic E-state index is 10.7. The number of carboxylic acid groups (broad SMARTS) is 1. The molecule has 0 radical (unpaired) electrons. The van der Waals surface area contributed by atoms with Gasteiger partial charge in [-0.25, -0.2) is 4.79 Å². The summed E-state index contributed by atoms with van der Waals surface area (Å²) in [6.07, 6.45) is 1.03. The van der Waals surface area contributed by atoms with Crippen molar-refractivity contribution >= 4 is 21.9 Å². The van der Waals surface area contributed by atoms with Gasteiger partial charge >= 0.3 is 5.97 Å². The van der Waals surface area contributed by atoms with Gasteiger partial charge in [-0.15, -0.1) is 0 Å². The monoisotopic (exact) mass is 300 g/mol. The lowest BCUT2D eigenvalue weighted by Gasteiger charge is -2.08. The van der Waals surface area contributed by atoms with Gasteiger partial charge in [0, 0.05) is 11.1 Å². The predicted molar refractivity (Wildman–Crippen MR) is 70.2 cm³/mol. The summed E-state index contributed by atoms with van der Waals surface area (Å²) in [6.45, 7) is 5.54. The highest BCUT2D eigenvalue weighted by Gasteiger charge is 2.06. The van der Waals surface area contributed by atoms with Crippen LogP contribution in [0.5, 0.6) is 0 Å². The van der Waals surface area contributed by atoms with Crippen LogP contribution in [-0.2, 0) is 11.3 Å². The summed E-state index contributed by atoms with van der Waals surface area (Å²) in [6, 6.07) is 4.97. The molecule has 94 valence electrons. The zero-order valence-corrected chi connectivity index (χ0v) is 11.7. The number of ether oxygens (including phenoxy) is 1. The van der Waals surface area contributed by atoms with Crippen LogP contribution in [0.25, 0.3) is 0 Å². The molecule has 0 fully saturated rings. The van der Waals surface area contributed by atoms with E-state index >= 15 is 0 Å². The summed E-state index contributed by atoms with van der Waals surface area (Å²) in [5.41, 5.74) is 1.25. The Morgan fingerprint density at radius 1 is 1.47 bits per heavy atom. The second-order valence-electron chi connectivity index (χ2n) is 4.35. The second-order valence-corrected chi connectivity index (χ2v) is 5.20. The van der Waals surface area contributed by atoms with Gasteiger partial charge in [-0.3, -0.25) is 0 Å². The first kappa shape index (κ1) is 14.2. The van der Waals surface area contributed by atoms with Gasteiger partial charge in [0.25, 0.3) is 0 Å². The minimum atomic E-state index is -0.919. The molecular weight excluding hydrogens is 284 g/mol. The van der Waals surface area contributed by atoms with E-state index in [4.69, 9.17) is 9.84 Å². The van der Waals surface area contributed by atoms with E-state index in [0.717, 1.165) is 23.1 Å². The molecular formula is C13H17BrO3. The van der Waals surface area contributed by atoms with Crippen LogP contribution in [0, 0.1) is 5.92 Å². The number of benzene rings is 1. The number of halogens is 1. The van der Waals surface area contributed by atoms with Gasteiger partial charge < -0.3 is 9.84 Å². The van der Waals surface area contributed by atoms with Gasteiger partial charge in [0.1, 0.15) is 0 Å². The van der Waals surface area contributed by atoms with E-state index < -0.39 is 5.97 Å². The highest BCUT2D eigenvalue weighted by atomic mass is 79.9. The van der Waals surface area contributed by atoms with Crippen LogP contribution in [0.3, 0.4) is 0 Å². The highest BCUT2D eigenvalue weighted by molar-refractivity contribution is 9.10. The Hall–Kier alpha value is -0.870. The summed E-state index contributed by atoms with van der Waals surface area (Å²) in [7, 11) is 0. The number of rotatable bonds is 6. The van der Waals surface area contributed by atoms with Crippen molar-refractivity contribution in [2.75, 3.05) is 6.61 Å². The summed E-state index contributed by atoms with van der Waals surface area (Å²) in [5, 5.41) is 8.82. The van der Waals surface area contributed by atoms with Crippen LogP contribution >= 0.6 is 15.9 Å². The average molecular weight is 301 g/mol. The summed E-state index contributed by atoms with van der Waals surface area (Å²) in [5.74, 6) is -0.286. The lowest BCUT2D eigenvalue weighted by molar-refractivity contribution is 0.0696. The molecule has 0 bridgehead atoms. The Labute approximate surface area is 110 Å². The maximum absolute atomic E-state index is 10.7.